The summed E-state index contributed by atoms with van der Waals surface area (Å²) in [5.74, 6) is 0. The fraction of sp³-hybridized carbons (Fsp3) is 0.143. The van der Waals surface area contributed by atoms with Crippen LogP contribution in [0.25, 0.3) is 0 Å². The van der Waals surface area contributed by atoms with Gasteiger partial charge in [-0.3, -0.25) is 10.1 Å². The third kappa shape index (κ3) is 2.80. The lowest BCUT2D eigenvalue weighted by Crippen LogP contribution is -1.93. The molecule has 0 aliphatic carbocycles. The Bertz CT molecular complexity index is 696. The van der Waals surface area contributed by atoms with Gasteiger partial charge >= 0.3 is 0 Å². The monoisotopic (exact) mass is 270 g/mol. The maximum absolute atomic E-state index is 11.1. The molecule has 0 radical (unpaired) electrons. The van der Waals surface area contributed by atoms with Gasteiger partial charge in [-0.05, 0) is 43.7 Å². The zero-order valence-corrected chi connectivity index (χ0v) is 11.2. The van der Waals surface area contributed by atoms with Crippen molar-refractivity contribution in [3.05, 3.63) is 57.6 Å². The summed E-state index contributed by atoms with van der Waals surface area (Å²) in [7, 11) is 0. The highest BCUT2D eigenvalue weighted by Crippen LogP contribution is 2.34. The Morgan fingerprint density at radius 1 is 1.10 bits per heavy atom. The SMILES string of the molecule is Cc1cc(C)c([N+](=O)[O-])c(N=Nc2ccccc2N)c1. The molecule has 0 fully saturated rings. The molecule has 0 bridgehead atoms. The molecule has 20 heavy (non-hydrogen) atoms. The summed E-state index contributed by atoms with van der Waals surface area (Å²) in [6.07, 6.45) is 0. The van der Waals surface area contributed by atoms with E-state index in [1.807, 2.05) is 6.92 Å². The largest absolute Gasteiger partial charge is 0.397 e. The van der Waals surface area contributed by atoms with Gasteiger partial charge in [0, 0.05) is 5.56 Å². The van der Waals surface area contributed by atoms with Crippen LogP contribution in [0.5, 0.6) is 0 Å². The molecule has 0 spiro atoms. The molecule has 6 heteroatoms. The summed E-state index contributed by atoms with van der Waals surface area (Å²) in [6, 6.07) is 10.3. The quantitative estimate of drug-likeness (QED) is 0.391. The van der Waals surface area contributed by atoms with Crippen molar-refractivity contribution in [2.24, 2.45) is 10.2 Å². The number of hydrogen-bond donors (Lipinski definition) is 1. The van der Waals surface area contributed by atoms with Crippen molar-refractivity contribution in [1.82, 2.24) is 0 Å². The van der Waals surface area contributed by atoms with Crippen LogP contribution in [-0.4, -0.2) is 4.92 Å². The summed E-state index contributed by atoms with van der Waals surface area (Å²) >= 11 is 0. The van der Waals surface area contributed by atoms with Crippen molar-refractivity contribution in [2.75, 3.05) is 5.73 Å². The smallest absolute Gasteiger partial charge is 0.299 e. The van der Waals surface area contributed by atoms with Crippen molar-refractivity contribution in [3.63, 3.8) is 0 Å². The van der Waals surface area contributed by atoms with E-state index in [0.717, 1.165) is 5.56 Å². The molecular weight excluding hydrogens is 256 g/mol. The van der Waals surface area contributed by atoms with Crippen LogP contribution in [0, 0.1) is 24.0 Å². The summed E-state index contributed by atoms with van der Waals surface area (Å²) in [5.41, 5.74) is 8.37. The number of nitrogens with zero attached hydrogens (tertiary/aromatic N) is 3. The normalized spacial score (nSPS) is 10.9. The van der Waals surface area contributed by atoms with E-state index in [9.17, 15) is 10.1 Å². The topological polar surface area (TPSA) is 93.9 Å². The number of nitrogen functional groups attached to an aromatic ring is 1. The Morgan fingerprint density at radius 3 is 2.40 bits per heavy atom. The molecule has 0 saturated carbocycles. The predicted octanol–water partition coefficient (Wildman–Crippen LogP) is 4.21. The van der Waals surface area contributed by atoms with Gasteiger partial charge in [0.15, 0.2) is 5.69 Å². The Labute approximate surface area is 116 Å². The van der Waals surface area contributed by atoms with E-state index >= 15 is 0 Å². The van der Waals surface area contributed by atoms with E-state index in [4.69, 9.17) is 5.73 Å². The van der Waals surface area contributed by atoms with Crippen LogP contribution in [0.15, 0.2) is 46.6 Å². The van der Waals surface area contributed by atoms with Gasteiger partial charge in [0.2, 0.25) is 0 Å². The van der Waals surface area contributed by atoms with Gasteiger partial charge < -0.3 is 5.73 Å². The lowest BCUT2D eigenvalue weighted by atomic mass is 10.1. The second kappa shape index (κ2) is 5.48. The van der Waals surface area contributed by atoms with Crippen LogP contribution in [0.2, 0.25) is 0 Å². The number of benzene rings is 2. The Morgan fingerprint density at radius 2 is 1.75 bits per heavy atom. The van der Waals surface area contributed by atoms with Gasteiger partial charge in [-0.1, -0.05) is 12.1 Å². The standard InChI is InChI=1S/C14H14N4O2/c1-9-7-10(2)14(18(19)20)13(8-9)17-16-12-6-4-3-5-11(12)15/h3-8H,15H2,1-2H3. The number of nitro benzene ring substituents is 1. The molecule has 0 atom stereocenters. The summed E-state index contributed by atoms with van der Waals surface area (Å²) < 4.78 is 0. The van der Waals surface area contributed by atoms with Gasteiger partial charge in [0.25, 0.3) is 5.69 Å². The van der Waals surface area contributed by atoms with Gasteiger partial charge in [-0.15, -0.1) is 10.2 Å². The van der Waals surface area contributed by atoms with Crippen molar-refractivity contribution < 1.29 is 4.92 Å². The number of rotatable bonds is 3. The molecule has 0 aliphatic rings. The molecule has 2 rings (SSSR count). The maximum Gasteiger partial charge on any atom is 0.299 e. The highest BCUT2D eigenvalue weighted by atomic mass is 16.6. The van der Waals surface area contributed by atoms with Gasteiger partial charge in [-0.25, -0.2) is 0 Å². The number of aryl methyl sites for hydroxylation is 2. The van der Waals surface area contributed by atoms with Crippen molar-refractivity contribution in [3.8, 4) is 0 Å². The minimum absolute atomic E-state index is 0.0335. The molecule has 0 unspecified atom stereocenters. The van der Waals surface area contributed by atoms with Gasteiger partial charge in [-0.2, -0.15) is 0 Å². The first kappa shape index (κ1) is 13.7. The highest BCUT2D eigenvalue weighted by Gasteiger charge is 2.17. The first-order valence-corrected chi connectivity index (χ1v) is 6.01. The molecular formula is C14H14N4O2. The summed E-state index contributed by atoms with van der Waals surface area (Å²) in [4.78, 5) is 10.7. The summed E-state index contributed by atoms with van der Waals surface area (Å²) in [6.45, 7) is 3.54. The lowest BCUT2D eigenvalue weighted by molar-refractivity contribution is -0.384. The number of para-hydroxylation sites is 1. The molecule has 2 aromatic carbocycles. The van der Waals surface area contributed by atoms with E-state index in [-0.39, 0.29) is 11.4 Å². The fourth-order valence-electron chi connectivity index (χ4n) is 1.94. The van der Waals surface area contributed by atoms with Crippen LogP contribution in [0.1, 0.15) is 11.1 Å². The third-order valence-electron chi connectivity index (χ3n) is 2.81. The van der Waals surface area contributed by atoms with Gasteiger partial charge in [0.1, 0.15) is 5.69 Å². The fourth-order valence-corrected chi connectivity index (χ4v) is 1.94. The minimum Gasteiger partial charge on any atom is -0.397 e. The molecule has 2 N–H and O–H groups in total. The van der Waals surface area contributed by atoms with Crippen LogP contribution in [0.3, 0.4) is 0 Å². The average molecular weight is 270 g/mol. The van der Waals surface area contributed by atoms with E-state index in [0.29, 0.717) is 16.9 Å². The Hall–Kier alpha value is -2.76. The molecule has 0 amide bonds. The van der Waals surface area contributed by atoms with E-state index in [2.05, 4.69) is 10.2 Å². The summed E-state index contributed by atoms with van der Waals surface area (Å²) in [5, 5.41) is 19.1. The van der Waals surface area contributed by atoms with Crippen molar-refractivity contribution in [1.29, 1.82) is 0 Å². The Kier molecular flexibility index (Phi) is 3.74. The highest BCUT2D eigenvalue weighted by molar-refractivity contribution is 5.65. The number of nitrogens with two attached hydrogens (primary N) is 1. The zero-order chi connectivity index (χ0) is 14.7. The van der Waals surface area contributed by atoms with Crippen LogP contribution in [0.4, 0.5) is 22.7 Å². The molecule has 102 valence electrons. The molecule has 0 aliphatic heterocycles. The van der Waals surface area contributed by atoms with E-state index in [1.165, 1.54) is 0 Å². The maximum atomic E-state index is 11.1. The molecule has 0 heterocycles. The molecule has 0 aromatic heterocycles. The Balaban J connectivity index is 2.48. The number of hydrogen-bond acceptors (Lipinski definition) is 5. The third-order valence-corrected chi connectivity index (χ3v) is 2.81. The number of azo groups is 1. The first-order chi connectivity index (χ1) is 9.49. The average Bonchev–Trinajstić information content (AvgIpc) is 2.36. The van der Waals surface area contributed by atoms with Crippen molar-refractivity contribution in [2.45, 2.75) is 13.8 Å². The van der Waals surface area contributed by atoms with Crippen LogP contribution in [-0.2, 0) is 0 Å². The predicted molar refractivity (Wildman–Crippen MR) is 77.6 cm³/mol. The zero-order valence-electron chi connectivity index (χ0n) is 11.2. The van der Waals surface area contributed by atoms with Crippen LogP contribution < -0.4 is 5.73 Å². The lowest BCUT2D eigenvalue weighted by Gasteiger charge is -2.03. The molecule has 2 aromatic rings. The first-order valence-electron chi connectivity index (χ1n) is 6.01. The molecule has 6 nitrogen and oxygen atoms in total. The second-order valence-electron chi connectivity index (χ2n) is 4.47. The van der Waals surface area contributed by atoms with E-state index in [1.54, 1.807) is 43.3 Å². The van der Waals surface area contributed by atoms with Crippen LogP contribution >= 0.6 is 0 Å². The van der Waals surface area contributed by atoms with Gasteiger partial charge in [0.05, 0.1) is 10.6 Å². The molecule has 0 saturated heterocycles. The number of anilines is 1. The van der Waals surface area contributed by atoms with Crippen molar-refractivity contribution >= 4 is 22.7 Å². The number of nitro groups is 1. The minimum atomic E-state index is -0.447. The van der Waals surface area contributed by atoms with E-state index < -0.39 is 4.92 Å². The second-order valence-corrected chi connectivity index (χ2v) is 4.47.